The van der Waals surface area contributed by atoms with E-state index in [1.165, 1.54) is 6.07 Å². The number of thioether (sulfide) groups is 1. The van der Waals surface area contributed by atoms with Crippen LogP contribution in [0, 0.1) is 5.82 Å². The Morgan fingerprint density at radius 3 is 3.07 bits per heavy atom. The van der Waals surface area contributed by atoms with Gasteiger partial charge >= 0.3 is 0 Å². The average Bonchev–Trinajstić information content (AvgIpc) is 2.70. The van der Waals surface area contributed by atoms with Crippen LogP contribution in [0.5, 0.6) is 0 Å². The molecule has 1 aromatic rings. The summed E-state index contributed by atoms with van der Waals surface area (Å²) in [5.74, 6) is 0.847. The van der Waals surface area contributed by atoms with Gasteiger partial charge in [-0.15, -0.1) is 0 Å². The molecule has 0 bridgehead atoms. The van der Waals surface area contributed by atoms with E-state index in [0.29, 0.717) is 0 Å². The highest BCUT2D eigenvalue weighted by atomic mass is 32.2. The lowest BCUT2D eigenvalue weighted by Gasteiger charge is -2.14. The van der Waals surface area contributed by atoms with Gasteiger partial charge in [0.15, 0.2) is 5.17 Å². The summed E-state index contributed by atoms with van der Waals surface area (Å²) in [4.78, 5) is 4.30. The zero-order chi connectivity index (χ0) is 10.7. The molecule has 2 rings (SSSR count). The lowest BCUT2D eigenvalue weighted by atomic mass is 10.1. The van der Waals surface area contributed by atoms with Crippen molar-refractivity contribution in [2.75, 3.05) is 12.3 Å². The summed E-state index contributed by atoms with van der Waals surface area (Å²) in [6.07, 6.45) is 0. The number of nitrogens with zero attached hydrogens (tertiary/aromatic N) is 1. The minimum Gasteiger partial charge on any atom is -0.358 e. The number of rotatable bonds is 2. The molecule has 80 valence electrons. The first-order chi connectivity index (χ1) is 7.25. The van der Waals surface area contributed by atoms with E-state index < -0.39 is 0 Å². The first-order valence-corrected chi connectivity index (χ1v) is 5.93. The Bertz CT molecular complexity index is 379. The molecule has 0 spiro atoms. The molecule has 1 heterocycles. The van der Waals surface area contributed by atoms with Gasteiger partial charge in [-0.1, -0.05) is 23.9 Å². The molecule has 1 N–H and O–H groups in total. The van der Waals surface area contributed by atoms with E-state index in [0.717, 1.165) is 23.0 Å². The summed E-state index contributed by atoms with van der Waals surface area (Å²) in [6.45, 7) is 2.89. The third kappa shape index (κ3) is 2.72. The van der Waals surface area contributed by atoms with Crippen molar-refractivity contribution >= 4 is 16.9 Å². The topological polar surface area (TPSA) is 24.4 Å². The number of halogens is 1. The maximum absolute atomic E-state index is 13.0. The van der Waals surface area contributed by atoms with Crippen LogP contribution in [0.25, 0.3) is 0 Å². The highest BCUT2D eigenvalue weighted by Gasteiger charge is 2.11. The lowest BCUT2D eigenvalue weighted by molar-refractivity contribution is 0.618. The molecule has 0 aromatic heterocycles. The molecule has 4 heteroatoms. The molecule has 2 nitrogen and oxygen atoms in total. The standard InChI is InChI=1S/C11H13FN2S/c1-8(14-11-13-5-6-15-11)9-3-2-4-10(12)7-9/h2-4,7-8H,5-6H2,1H3,(H,13,14). The largest absolute Gasteiger partial charge is 0.358 e. The molecular weight excluding hydrogens is 211 g/mol. The number of nitrogens with one attached hydrogen (secondary N) is 1. The molecule has 1 aromatic carbocycles. The van der Waals surface area contributed by atoms with Gasteiger partial charge in [-0.25, -0.2) is 4.39 Å². The summed E-state index contributed by atoms with van der Waals surface area (Å²) in [5, 5.41) is 4.23. The van der Waals surface area contributed by atoms with Gasteiger partial charge < -0.3 is 5.32 Å². The highest BCUT2D eigenvalue weighted by Crippen LogP contribution is 2.17. The molecule has 0 radical (unpaired) electrons. The van der Waals surface area contributed by atoms with Crippen molar-refractivity contribution in [2.24, 2.45) is 4.99 Å². The number of amidine groups is 1. The first kappa shape index (κ1) is 10.5. The fourth-order valence-electron chi connectivity index (χ4n) is 1.47. The molecule has 0 saturated carbocycles. The van der Waals surface area contributed by atoms with Crippen molar-refractivity contribution in [2.45, 2.75) is 13.0 Å². The van der Waals surface area contributed by atoms with E-state index in [9.17, 15) is 4.39 Å². The third-order valence-corrected chi connectivity index (χ3v) is 3.18. The van der Waals surface area contributed by atoms with Crippen LogP contribution in [0.15, 0.2) is 29.3 Å². The minimum absolute atomic E-state index is 0.102. The van der Waals surface area contributed by atoms with Gasteiger partial charge in [0.25, 0.3) is 0 Å². The Morgan fingerprint density at radius 1 is 1.53 bits per heavy atom. The zero-order valence-electron chi connectivity index (χ0n) is 8.53. The summed E-state index contributed by atoms with van der Waals surface area (Å²) in [7, 11) is 0. The van der Waals surface area contributed by atoms with E-state index >= 15 is 0 Å². The van der Waals surface area contributed by atoms with E-state index in [2.05, 4.69) is 10.3 Å². The molecule has 1 aliphatic rings. The Balaban J connectivity index is 2.04. The first-order valence-electron chi connectivity index (χ1n) is 4.95. The second kappa shape index (κ2) is 4.66. The molecular formula is C11H13FN2S. The van der Waals surface area contributed by atoms with Crippen LogP contribution in [0.4, 0.5) is 4.39 Å². The van der Waals surface area contributed by atoms with Crippen molar-refractivity contribution in [1.82, 2.24) is 5.32 Å². The van der Waals surface area contributed by atoms with Crippen LogP contribution in [0.1, 0.15) is 18.5 Å². The number of hydrogen-bond donors (Lipinski definition) is 1. The highest BCUT2D eigenvalue weighted by molar-refractivity contribution is 8.14. The molecule has 0 aliphatic carbocycles. The fourth-order valence-corrected chi connectivity index (χ4v) is 2.29. The van der Waals surface area contributed by atoms with Crippen molar-refractivity contribution < 1.29 is 4.39 Å². The lowest BCUT2D eigenvalue weighted by Crippen LogP contribution is -2.22. The van der Waals surface area contributed by atoms with Gasteiger partial charge in [0.2, 0.25) is 0 Å². The maximum Gasteiger partial charge on any atom is 0.157 e. The quantitative estimate of drug-likeness (QED) is 0.835. The van der Waals surface area contributed by atoms with Crippen molar-refractivity contribution in [1.29, 1.82) is 0 Å². The van der Waals surface area contributed by atoms with Crippen molar-refractivity contribution in [3.63, 3.8) is 0 Å². The Labute approximate surface area is 93.0 Å². The van der Waals surface area contributed by atoms with Gasteiger partial charge in [0.05, 0.1) is 12.6 Å². The Hall–Kier alpha value is -1.03. The van der Waals surface area contributed by atoms with Gasteiger partial charge in [-0.2, -0.15) is 0 Å². The third-order valence-electron chi connectivity index (χ3n) is 2.27. The zero-order valence-corrected chi connectivity index (χ0v) is 9.35. The Morgan fingerprint density at radius 2 is 2.40 bits per heavy atom. The van der Waals surface area contributed by atoms with Crippen molar-refractivity contribution in [3.05, 3.63) is 35.6 Å². The summed E-state index contributed by atoms with van der Waals surface area (Å²) < 4.78 is 13.0. The molecule has 15 heavy (non-hydrogen) atoms. The predicted octanol–water partition coefficient (Wildman–Crippen LogP) is 2.58. The van der Waals surface area contributed by atoms with E-state index in [-0.39, 0.29) is 11.9 Å². The molecule has 0 amide bonds. The molecule has 1 atom stereocenters. The van der Waals surface area contributed by atoms with Crippen LogP contribution in [0.3, 0.4) is 0 Å². The second-order valence-corrected chi connectivity index (χ2v) is 4.54. The number of hydrogen-bond acceptors (Lipinski definition) is 3. The number of aliphatic imine (C=N–C) groups is 1. The van der Waals surface area contributed by atoms with Gasteiger partial charge in [0.1, 0.15) is 5.82 Å². The average molecular weight is 224 g/mol. The van der Waals surface area contributed by atoms with E-state index in [4.69, 9.17) is 0 Å². The van der Waals surface area contributed by atoms with Gasteiger partial charge in [-0.05, 0) is 24.6 Å². The predicted molar refractivity (Wildman–Crippen MR) is 62.7 cm³/mol. The smallest absolute Gasteiger partial charge is 0.157 e. The van der Waals surface area contributed by atoms with Crippen LogP contribution >= 0.6 is 11.8 Å². The summed E-state index contributed by atoms with van der Waals surface area (Å²) in [6, 6.07) is 6.76. The van der Waals surface area contributed by atoms with Crippen LogP contribution in [-0.4, -0.2) is 17.5 Å². The van der Waals surface area contributed by atoms with E-state index in [1.807, 2.05) is 13.0 Å². The summed E-state index contributed by atoms with van der Waals surface area (Å²) >= 11 is 1.71. The van der Waals surface area contributed by atoms with Gasteiger partial charge in [0, 0.05) is 5.75 Å². The van der Waals surface area contributed by atoms with E-state index in [1.54, 1.807) is 23.9 Å². The molecule has 1 aliphatic heterocycles. The molecule has 1 unspecified atom stereocenters. The second-order valence-electron chi connectivity index (χ2n) is 3.46. The fraction of sp³-hybridized carbons (Fsp3) is 0.364. The number of benzene rings is 1. The molecule has 0 fully saturated rings. The monoisotopic (exact) mass is 224 g/mol. The van der Waals surface area contributed by atoms with Crippen molar-refractivity contribution in [3.8, 4) is 0 Å². The maximum atomic E-state index is 13.0. The van der Waals surface area contributed by atoms with Crippen LogP contribution in [0.2, 0.25) is 0 Å². The molecule has 0 saturated heterocycles. The van der Waals surface area contributed by atoms with Crippen LogP contribution < -0.4 is 5.32 Å². The summed E-state index contributed by atoms with van der Waals surface area (Å²) in [5.41, 5.74) is 0.949. The Kier molecular flexibility index (Phi) is 3.26. The minimum atomic E-state index is -0.192. The van der Waals surface area contributed by atoms with Crippen LogP contribution in [-0.2, 0) is 0 Å². The van der Waals surface area contributed by atoms with Gasteiger partial charge in [-0.3, -0.25) is 4.99 Å². The normalized spacial score (nSPS) is 17.3. The SMILES string of the molecule is CC(NC1=NCCS1)c1cccc(F)c1.